The molecule has 0 radical (unpaired) electrons. The number of anilines is 1. The van der Waals surface area contributed by atoms with Gasteiger partial charge in [-0.15, -0.1) is 11.3 Å². The SMILES string of the molecule is COC(=O)CCc1csc(N(C)CCSC)n1. The Morgan fingerprint density at radius 3 is 3.06 bits per heavy atom. The Bertz CT molecular complexity index is 355. The third-order valence-electron chi connectivity index (χ3n) is 2.31. The lowest BCUT2D eigenvalue weighted by Gasteiger charge is -2.14. The van der Waals surface area contributed by atoms with E-state index in [1.54, 1.807) is 11.3 Å². The fourth-order valence-corrected chi connectivity index (χ4v) is 2.55. The van der Waals surface area contributed by atoms with E-state index in [0.717, 1.165) is 23.1 Å². The molecule has 0 saturated carbocycles. The second-order valence-corrected chi connectivity index (χ2v) is 5.43. The maximum atomic E-state index is 11.0. The summed E-state index contributed by atoms with van der Waals surface area (Å²) in [6.45, 7) is 0.991. The van der Waals surface area contributed by atoms with Gasteiger partial charge >= 0.3 is 5.97 Å². The average molecular weight is 274 g/mol. The van der Waals surface area contributed by atoms with E-state index in [2.05, 4.69) is 20.9 Å². The van der Waals surface area contributed by atoms with Crippen molar-refractivity contribution in [2.45, 2.75) is 12.8 Å². The van der Waals surface area contributed by atoms with Gasteiger partial charge < -0.3 is 9.64 Å². The first-order chi connectivity index (χ1) is 8.17. The summed E-state index contributed by atoms with van der Waals surface area (Å²) in [7, 11) is 3.45. The lowest BCUT2D eigenvalue weighted by atomic mass is 10.2. The fourth-order valence-electron chi connectivity index (χ4n) is 1.24. The second kappa shape index (κ2) is 7.55. The van der Waals surface area contributed by atoms with Gasteiger partial charge in [0.15, 0.2) is 5.13 Å². The Kier molecular flexibility index (Phi) is 6.36. The number of rotatable bonds is 7. The average Bonchev–Trinajstić information content (AvgIpc) is 2.81. The first-order valence-electron chi connectivity index (χ1n) is 5.38. The zero-order valence-electron chi connectivity index (χ0n) is 10.4. The summed E-state index contributed by atoms with van der Waals surface area (Å²) in [4.78, 5) is 17.6. The van der Waals surface area contributed by atoms with Gasteiger partial charge in [-0.25, -0.2) is 4.98 Å². The molecular weight excluding hydrogens is 256 g/mol. The summed E-state index contributed by atoms with van der Waals surface area (Å²) < 4.78 is 4.60. The molecule has 1 aromatic heterocycles. The number of hydrogen-bond donors (Lipinski definition) is 0. The summed E-state index contributed by atoms with van der Waals surface area (Å²) >= 11 is 3.44. The maximum Gasteiger partial charge on any atom is 0.305 e. The van der Waals surface area contributed by atoms with Gasteiger partial charge in [-0.2, -0.15) is 11.8 Å². The highest BCUT2D eigenvalue weighted by Gasteiger charge is 2.08. The van der Waals surface area contributed by atoms with Crippen LogP contribution < -0.4 is 4.90 Å². The van der Waals surface area contributed by atoms with Crippen molar-refractivity contribution in [2.24, 2.45) is 0 Å². The van der Waals surface area contributed by atoms with Gasteiger partial charge in [-0.1, -0.05) is 0 Å². The molecule has 4 nitrogen and oxygen atoms in total. The van der Waals surface area contributed by atoms with Gasteiger partial charge in [0.05, 0.1) is 19.2 Å². The predicted molar refractivity (Wildman–Crippen MR) is 74.1 cm³/mol. The Labute approximate surface area is 110 Å². The molecule has 96 valence electrons. The predicted octanol–water partition coefficient (Wildman–Crippen LogP) is 2.05. The van der Waals surface area contributed by atoms with Crippen molar-refractivity contribution < 1.29 is 9.53 Å². The van der Waals surface area contributed by atoms with Crippen LogP contribution in [-0.2, 0) is 16.0 Å². The third kappa shape index (κ3) is 4.95. The lowest BCUT2D eigenvalue weighted by Crippen LogP contribution is -2.19. The molecule has 0 aliphatic rings. The first kappa shape index (κ1) is 14.3. The molecule has 0 aromatic carbocycles. The normalized spacial score (nSPS) is 10.3. The smallest absolute Gasteiger partial charge is 0.305 e. The first-order valence-corrected chi connectivity index (χ1v) is 7.66. The number of esters is 1. The van der Waals surface area contributed by atoms with Crippen LogP contribution in [-0.4, -0.2) is 43.7 Å². The molecule has 0 aliphatic carbocycles. The molecule has 0 saturated heterocycles. The van der Waals surface area contributed by atoms with Crippen LogP contribution in [0.1, 0.15) is 12.1 Å². The Balaban J connectivity index is 2.44. The highest BCUT2D eigenvalue weighted by molar-refractivity contribution is 7.98. The van der Waals surface area contributed by atoms with Crippen molar-refractivity contribution in [1.29, 1.82) is 0 Å². The number of thiazole rings is 1. The molecule has 1 rings (SSSR count). The molecule has 0 amide bonds. The van der Waals surface area contributed by atoms with Crippen LogP contribution in [0.4, 0.5) is 5.13 Å². The molecule has 0 N–H and O–H groups in total. The zero-order valence-corrected chi connectivity index (χ0v) is 12.1. The summed E-state index contributed by atoms with van der Waals surface area (Å²) in [6.07, 6.45) is 3.14. The lowest BCUT2D eigenvalue weighted by molar-refractivity contribution is -0.140. The van der Waals surface area contributed by atoms with Crippen LogP contribution in [0.2, 0.25) is 0 Å². The molecule has 0 unspecified atom stereocenters. The van der Waals surface area contributed by atoms with E-state index in [9.17, 15) is 4.79 Å². The molecule has 0 fully saturated rings. The number of ether oxygens (including phenoxy) is 1. The highest BCUT2D eigenvalue weighted by atomic mass is 32.2. The van der Waals surface area contributed by atoms with Crippen molar-refractivity contribution in [1.82, 2.24) is 4.98 Å². The molecule has 0 aliphatic heterocycles. The molecular formula is C11H18N2O2S2. The number of carbonyl (C=O) groups excluding carboxylic acids is 1. The number of thioether (sulfide) groups is 1. The maximum absolute atomic E-state index is 11.0. The van der Waals surface area contributed by atoms with Crippen molar-refractivity contribution in [3.05, 3.63) is 11.1 Å². The van der Waals surface area contributed by atoms with E-state index in [4.69, 9.17) is 0 Å². The summed E-state index contributed by atoms with van der Waals surface area (Å²) in [5, 5.41) is 3.02. The number of carbonyl (C=O) groups is 1. The topological polar surface area (TPSA) is 42.4 Å². The van der Waals surface area contributed by atoms with Gasteiger partial charge in [0.25, 0.3) is 0 Å². The van der Waals surface area contributed by atoms with E-state index in [-0.39, 0.29) is 5.97 Å². The van der Waals surface area contributed by atoms with Crippen LogP contribution in [0.5, 0.6) is 0 Å². The molecule has 1 heterocycles. The van der Waals surface area contributed by atoms with Crippen molar-refractivity contribution in [3.63, 3.8) is 0 Å². The quantitative estimate of drug-likeness (QED) is 0.712. The Morgan fingerprint density at radius 1 is 1.65 bits per heavy atom. The summed E-state index contributed by atoms with van der Waals surface area (Å²) in [5.74, 6) is 0.906. The highest BCUT2D eigenvalue weighted by Crippen LogP contribution is 2.20. The molecule has 0 atom stereocenters. The van der Waals surface area contributed by atoms with Crippen LogP contribution in [0.25, 0.3) is 0 Å². The third-order valence-corrected chi connectivity index (χ3v) is 3.90. The van der Waals surface area contributed by atoms with Crippen LogP contribution in [0.3, 0.4) is 0 Å². The van der Waals surface area contributed by atoms with Gasteiger partial charge in [-0.05, 0) is 6.26 Å². The molecule has 1 aromatic rings. The van der Waals surface area contributed by atoms with Crippen LogP contribution in [0, 0.1) is 0 Å². The van der Waals surface area contributed by atoms with E-state index in [1.165, 1.54) is 7.11 Å². The summed E-state index contributed by atoms with van der Waals surface area (Å²) in [5.41, 5.74) is 0.964. The number of nitrogens with zero attached hydrogens (tertiary/aromatic N) is 2. The van der Waals surface area contributed by atoms with E-state index in [1.807, 2.05) is 24.2 Å². The van der Waals surface area contributed by atoms with Crippen LogP contribution >= 0.6 is 23.1 Å². The largest absolute Gasteiger partial charge is 0.469 e. The molecule has 0 bridgehead atoms. The summed E-state index contributed by atoms with van der Waals surface area (Å²) in [6, 6.07) is 0. The van der Waals surface area contributed by atoms with E-state index < -0.39 is 0 Å². The van der Waals surface area contributed by atoms with Crippen molar-refractivity contribution >= 4 is 34.2 Å². The zero-order chi connectivity index (χ0) is 12.7. The monoisotopic (exact) mass is 274 g/mol. The minimum absolute atomic E-state index is 0.185. The van der Waals surface area contributed by atoms with Crippen molar-refractivity contribution in [3.8, 4) is 0 Å². The van der Waals surface area contributed by atoms with Gasteiger partial charge in [-0.3, -0.25) is 4.79 Å². The molecule has 17 heavy (non-hydrogen) atoms. The fraction of sp³-hybridized carbons (Fsp3) is 0.636. The van der Waals surface area contributed by atoms with E-state index in [0.29, 0.717) is 12.8 Å². The van der Waals surface area contributed by atoms with E-state index >= 15 is 0 Å². The van der Waals surface area contributed by atoms with Crippen molar-refractivity contribution in [2.75, 3.05) is 37.6 Å². The van der Waals surface area contributed by atoms with Gasteiger partial charge in [0.1, 0.15) is 0 Å². The number of methoxy groups -OCH3 is 1. The second-order valence-electron chi connectivity index (χ2n) is 3.61. The molecule has 6 heteroatoms. The minimum atomic E-state index is -0.185. The van der Waals surface area contributed by atoms with Crippen LogP contribution in [0.15, 0.2) is 5.38 Å². The Morgan fingerprint density at radius 2 is 2.41 bits per heavy atom. The Hall–Kier alpha value is -0.750. The standard InChI is InChI=1S/C11H18N2O2S2/c1-13(6-7-16-3)11-12-9(8-17-11)4-5-10(14)15-2/h8H,4-7H2,1-3H3. The van der Waals surface area contributed by atoms with Gasteiger partial charge in [0, 0.05) is 31.1 Å². The number of hydrogen-bond acceptors (Lipinski definition) is 6. The minimum Gasteiger partial charge on any atom is -0.469 e. The number of aryl methyl sites for hydroxylation is 1. The molecule has 0 spiro atoms. The van der Waals surface area contributed by atoms with Gasteiger partial charge in [0.2, 0.25) is 0 Å². The number of aromatic nitrogens is 1.